The molecule has 0 saturated carbocycles. The number of pyridine rings is 1. The van der Waals surface area contributed by atoms with E-state index in [1.807, 2.05) is 0 Å². The lowest BCUT2D eigenvalue weighted by molar-refractivity contribution is -0.383. The van der Waals surface area contributed by atoms with Crippen molar-refractivity contribution in [1.82, 2.24) is 4.98 Å². The van der Waals surface area contributed by atoms with Crippen LogP contribution in [0.15, 0.2) is 35.7 Å². The molecule has 0 unspecified atom stereocenters. The van der Waals surface area contributed by atoms with E-state index in [1.165, 1.54) is 24.5 Å². The highest BCUT2D eigenvalue weighted by Crippen LogP contribution is 2.32. The number of nitro benzene ring substituents is 1. The van der Waals surface area contributed by atoms with Crippen LogP contribution in [0, 0.1) is 10.1 Å². The van der Waals surface area contributed by atoms with Gasteiger partial charge in [-0.25, -0.2) is 0 Å². The van der Waals surface area contributed by atoms with Gasteiger partial charge >= 0.3 is 0 Å². The van der Waals surface area contributed by atoms with Gasteiger partial charge in [-0.1, -0.05) is 5.11 Å². The summed E-state index contributed by atoms with van der Waals surface area (Å²) in [7, 11) is 0. The quantitative estimate of drug-likeness (QED) is 0.252. The minimum atomic E-state index is -0.496. The molecule has 2 aromatic rings. The molecule has 1 heterocycles. The second-order valence-corrected chi connectivity index (χ2v) is 2.97. The first kappa shape index (κ1) is 9.88. The van der Waals surface area contributed by atoms with Crippen molar-refractivity contribution in [2.24, 2.45) is 5.11 Å². The number of non-ortho nitro benzene ring substituents is 1. The third-order valence-corrected chi connectivity index (χ3v) is 2.12. The van der Waals surface area contributed by atoms with E-state index in [0.717, 1.165) is 0 Å². The van der Waals surface area contributed by atoms with Gasteiger partial charge in [0.15, 0.2) is 0 Å². The topological polar surface area (TPSA) is 105 Å². The van der Waals surface area contributed by atoms with Crippen LogP contribution in [0.5, 0.6) is 0 Å². The second kappa shape index (κ2) is 3.84. The van der Waals surface area contributed by atoms with Crippen LogP contribution in [0.25, 0.3) is 21.2 Å². The zero-order valence-corrected chi connectivity index (χ0v) is 7.94. The fraction of sp³-hybridized carbons (Fsp3) is 0. The van der Waals surface area contributed by atoms with E-state index in [9.17, 15) is 10.1 Å². The van der Waals surface area contributed by atoms with E-state index in [1.54, 1.807) is 6.07 Å². The Morgan fingerprint density at radius 3 is 2.88 bits per heavy atom. The molecule has 0 aliphatic rings. The van der Waals surface area contributed by atoms with Crippen LogP contribution >= 0.6 is 0 Å². The highest BCUT2D eigenvalue weighted by Gasteiger charge is 2.13. The Balaban J connectivity index is 2.87. The van der Waals surface area contributed by atoms with Gasteiger partial charge in [0.25, 0.3) is 5.69 Å². The summed E-state index contributed by atoms with van der Waals surface area (Å²) in [5.74, 6) is 0. The summed E-state index contributed by atoms with van der Waals surface area (Å²) in [5.41, 5.74) is 8.66. The molecule has 1 aromatic carbocycles. The van der Waals surface area contributed by atoms with Crippen LogP contribution < -0.4 is 0 Å². The number of rotatable bonds is 2. The van der Waals surface area contributed by atoms with Gasteiger partial charge in [0, 0.05) is 34.4 Å². The maximum atomic E-state index is 10.8. The summed E-state index contributed by atoms with van der Waals surface area (Å²) < 4.78 is 0. The van der Waals surface area contributed by atoms with E-state index in [4.69, 9.17) is 5.53 Å². The highest BCUT2D eigenvalue weighted by atomic mass is 16.6. The molecular weight excluding hydrogens is 210 g/mol. The average Bonchev–Trinajstić information content (AvgIpc) is 2.29. The average molecular weight is 215 g/mol. The number of nitro groups is 1. The first-order valence-electron chi connectivity index (χ1n) is 4.30. The van der Waals surface area contributed by atoms with E-state index < -0.39 is 4.92 Å². The minimum absolute atomic E-state index is 0.0556. The number of benzene rings is 1. The summed E-state index contributed by atoms with van der Waals surface area (Å²) in [6.45, 7) is 0. The van der Waals surface area contributed by atoms with Crippen molar-refractivity contribution >= 4 is 22.1 Å². The highest BCUT2D eigenvalue weighted by molar-refractivity contribution is 5.97. The Kier molecular flexibility index (Phi) is 2.37. The van der Waals surface area contributed by atoms with Crippen molar-refractivity contribution in [2.45, 2.75) is 0 Å². The zero-order valence-electron chi connectivity index (χ0n) is 7.94. The number of fused-ring (bicyclic) bond motifs is 1. The Morgan fingerprint density at radius 2 is 2.19 bits per heavy atom. The van der Waals surface area contributed by atoms with Gasteiger partial charge in [-0.05, 0) is 17.7 Å². The van der Waals surface area contributed by atoms with Crippen molar-refractivity contribution in [1.29, 1.82) is 0 Å². The predicted octanol–water partition coefficient (Wildman–Crippen LogP) is 3.08. The molecule has 0 amide bonds. The Bertz CT molecular complexity index is 578. The molecular formula is C9H5N5O2. The molecule has 7 nitrogen and oxygen atoms in total. The van der Waals surface area contributed by atoms with Gasteiger partial charge in [-0.3, -0.25) is 15.1 Å². The molecule has 0 atom stereocenters. The Labute approximate surface area is 89.1 Å². The zero-order chi connectivity index (χ0) is 11.5. The molecule has 0 bridgehead atoms. The van der Waals surface area contributed by atoms with Gasteiger partial charge in [0.2, 0.25) is 0 Å². The molecule has 2 rings (SSSR count). The van der Waals surface area contributed by atoms with E-state index in [2.05, 4.69) is 15.0 Å². The van der Waals surface area contributed by atoms with E-state index in [-0.39, 0.29) is 5.69 Å². The van der Waals surface area contributed by atoms with Crippen molar-refractivity contribution in [2.75, 3.05) is 0 Å². The maximum Gasteiger partial charge on any atom is 0.278 e. The molecule has 0 aliphatic heterocycles. The van der Waals surface area contributed by atoms with Crippen LogP contribution in [0.4, 0.5) is 11.4 Å². The molecule has 0 saturated heterocycles. The van der Waals surface area contributed by atoms with Crippen LogP contribution in [-0.4, -0.2) is 9.91 Å². The van der Waals surface area contributed by atoms with Crippen molar-refractivity contribution in [3.05, 3.63) is 51.1 Å². The van der Waals surface area contributed by atoms with Gasteiger partial charge < -0.3 is 0 Å². The Hall–Kier alpha value is -2.66. The van der Waals surface area contributed by atoms with Gasteiger partial charge in [-0.15, -0.1) is 0 Å². The first-order valence-corrected chi connectivity index (χ1v) is 4.30. The first-order chi connectivity index (χ1) is 7.74. The monoisotopic (exact) mass is 215 g/mol. The normalized spacial score (nSPS) is 9.75. The summed E-state index contributed by atoms with van der Waals surface area (Å²) in [6, 6.07) is 4.29. The molecule has 0 fully saturated rings. The lowest BCUT2D eigenvalue weighted by Gasteiger charge is -2.01. The summed E-state index contributed by atoms with van der Waals surface area (Å²) in [5, 5.41) is 15.1. The van der Waals surface area contributed by atoms with Crippen LogP contribution in [-0.2, 0) is 0 Å². The molecule has 1 aromatic heterocycles. The number of nitrogens with zero attached hydrogens (tertiary/aromatic N) is 5. The molecule has 0 spiro atoms. The number of aromatic nitrogens is 1. The van der Waals surface area contributed by atoms with Gasteiger partial charge in [-0.2, -0.15) is 0 Å². The molecule has 7 heteroatoms. The summed E-state index contributed by atoms with van der Waals surface area (Å²) in [6.07, 6.45) is 2.87. The molecule has 16 heavy (non-hydrogen) atoms. The van der Waals surface area contributed by atoms with Crippen molar-refractivity contribution in [3.8, 4) is 0 Å². The minimum Gasteiger partial charge on any atom is -0.264 e. The number of hydrogen-bond donors (Lipinski definition) is 0. The fourth-order valence-corrected chi connectivity index (χ4v) is 1.45. The number of azide groups is 1. The SMILES string of the molecule is [N-]=[N+]=Nc1ccc([N+](=O)[O-])c2cnccc12. The van der Waals surface area contributed by atoms with Crippen LogP contribution in [0.2, 0.25) is 0 Å². The lowest BCUT2D eigenvalue weighted by atomic mass is 10.1. The van der Waals surface area contributed by atoms with E-state index in [0.29, 0.717) is 16.5 Å². The second-order valence-electron chi connectivity index (χ2n) is 2.97. The maximum absolute atomic E-state index is 10.8. The Morgan fingerprint density at radius 1 is 1.38 bits per heavy atom. The molecule has 0 aliphatic carbocycles. The van der Waals surface area contributed by atoms with Crippen molar-refractivity contribution in [3.63, 3.8) is 0 Å². The third-order valence-electron chi connectivity index (χ3n) is 2.12. The fourth-order valence-electron chi connectivity index (χ4n) is 1.45. The summed E-state index contributed by atoms with van der Waals surface area (Å²) in [4.78, 5) is 16.7. The molecule has 0 N–H and O–H groups in total. The standard InChI is InChI=1S/C9H5N5O2/c10-13-12-8-1-2-9(14(15)16)7-5-11-4-3-6(7)8/h1-5H. The largest absolute Gasteiger partial charge is 0.278 e. The van der Waals surface area contributed by atoms with Crippen LogP contribution in [0.3, 0.4) is 0 Å². The van der Waals surface area contributed by atoms with Crippen molar-refractivity contribution < 1.29 is 4.92 Å². The third kappa shape index (κ3) is 1.51. The van der Waals surface area contributed by atoms with E-state index >= 15 is 0 Å². The number of hydrogen-bond acceptors (Lipinski definition) is 4. The summed E-state index contributed by atoms with van der Waals surface area (Å²) >= 11 is 0. The predicted molar refractivity (Wildman–Crippen MR) is 57.2 cm³/mol. The van der Waals surface area contributed by atoms with Gasteiger partial charge in [0.05, 0.1) is 10.3 Å². The molecule has 0 radical (unpaired) electrons. The lowest BCUT2D eigenvalue weighted by Crippen LogP contribution is -1.89. The van der Waals surface area contributed by atoms with Gasteiger partial charge in [0.1, 0.15) is 0 Å². The molecule has 78 valence electrons. The smallest absolute Gasteiger partial charge is 0.264 e. The van der Waals surface area contributed by atoms with Crippen LogP contribution in [0.1, 0.15) is 0 Å².